The number of carbonyl (C=O) groups excluding carboxylic acids is 1. The van der Waals surface area contributed by atoms with Gasteiger partial charge in [0.05, 0.1) is 12.1 Å². The zero-order chi connectivity index (χ0) is 22.0. The van der Waals surface area contributed by atoms with Crippen LogP contribution in [0.15, 0.2) is 42.5 Å². The van der Waals surface area contributed by atoms with Crippen LogP contribution in [0.3, 0.4) is 0 Å². The Morgan fingerprint density at radius 2 is 1.90 bits per heavy atom. The maximum absolute atomic E-state index is 13.6. The highest BCUT2D eigenvalue weighted by Gasteiger charge is 2.38. The molecule has 4 rings (SSSR count). The zero-order valence-electron chi connectivity index (χ0n) is 17.4. The molecular formula is C23H26F3N3O2. The first-order chi connectivity index (χ1) is 14.8. The second-order valence-electron chi connectivity index (χ2n) is 8.10. The molecule has 2 aromatic rings. The average Bonchev–Trinajstić information content (AvgIpc) is 2.76. The van der Waals surface area contributed by atoms with Gasteiger partial charge in [-0.1, -0.05) is 30.3 Å². The summed E-state index contributed by atoms with van der Waals surface area (Å²) in [7, 11) is 0. The van der Waals surface area contributed by atoms with E-state index in [1.807, 2.05) is 30.3 Å². The van der Waals surface area contributed by atoms with Gasteiger partial charge in [0.15, 0.2) is 0 Å². The molecule has 2 aliphatic heterocycles. The number of carbonyl (C=O) groups is 1. The predicted octanol–water partition coefficient (Wildman–Crippen LogP) is 4.20. The van der Waals surface area contributed by atoms with Gasteiger partial charge in [-0.15, -0.1) is 0 Å². The Kier molecular flexibility index (Phi) is 6.09. The molecule has 1 saturated heterocycles. The Morgan fingerprint density at radius 1 is 1.13 bits per heavy atom. The van der Waals surface area contributed by atoms with Crippen molar-refractivity contribution in [2.75, 3.05) is 31.1 Å². The number of nitrogens with zero attached hydrogens (tertiary/aromatic N) is 2. The molecule has 1 amide bonds. The Labute approximate surface area is 179 Å². The van der Waals surface area contributed by atoms with Crippen molar-refractivity contribution in [3.05, 3.63) is 64.7 Å². The van der Waals surface area contributed by atoms with Crippen molar-refractivity contribution in [2.45, 2.75) is 38.7 Å². The molecule has 0 aromatic heterocycles. The zero-order valence-corrected chi connectivity index (χ0v) is 17.4. The van der Waals surface area contributed by atoms with Gasteiger partial charge in [-0.25, -0.2) is 4.79 Å². The van der Waals surface area contributed by atoms with Crippen molar-refractivity contribution >= 4 is 11.8 Å². The van der Waals surface area contributed by atoms with Crippen LogP contribution in [-0.4, -0.2) is 43.2 Å². The summed E-state index contributed by atoms with van der Waals surface area (Å²) in [6.45, 7) is 4.67. The second kappa shape index (κ2) is 8.78. The Hall–Kier alpha value is -2.74. The third-order valence-corrected chi connectivity index (χ3v) is 5.87. The summed E-state index contributed by atoms with van der Waals surface area (Å²) in [5.74, 6) is 0. The number of benzene rings is 2. The first-order valence-corrected chi connectivity index (χ1v) is 10.5. The summed E-state index contributed by atoms with van der Waals surface area (Å²) in [6, 6.07) is 12.3. The summed E-state index contributed by atoms with van der Waals surface area (Å²) >= 11 is 0. The molecule has 1 atom stereocenters. The van der Waals surface area contributed by atoms with Gasteiger partial charge in [-0.2, -0.15) is 13.2 Å². The minimum Gasteiger partial charge on any atom is -0.445 e. The van der Waals surface area contributed by atoms with E-state index in [2.05, 4.69) is 17.1 Å². The molecular weight excluding hydrogens is 407 g/mol. The van der Waals surface area contributed by atoms with Crippen LogP contribution in [0.5, 0.6) is 0 Å². The van der Waals surface area contributed by atoms with Crippen LogP contribution in [0.2, 0.25) is 0 Å². The van der Waals surface area contributed by atoms with E-state index in [4.69, 9.17) is 4.74 Å². The molecule has 0 radical (unpaired) electrons. The first-order valence-electron chi connectivity index (χ1n) is 10.5. The van der Waals surface area contributed by atoms with Crippen LogP contribution in [0, 0.1) is 0 Å². The van der Waals surface area contributed by atoms with Gasteiger partial charge < -0.3 is 19.9 Å². The lowest BCUT2D eigenvalue weighted by Gasteiger charge is -2.38. The summed E-state index contributed by atoms with van der Waals surface area (Å²) in [6.07, 6.45) is -4.78. The molecule has 0 aliphatic carbocycles. The molecule has 5 nitrogen and oxygen atoms in total. The molecule has 2 aromatic carbocycles. The minimum absolute atomic E-state index is 0.112. The van der Waals surface area contributed by atoms with E-state index < -0.39 is 17.8 Å². The van der Waals surface area contributed by atoms with E-state index in [1.54, 1.807) is 6.07 Å². The van der Waals surface area contributed by atoms with Gasteiger partial charge in [-0.3, -0.25) is 0 Å². The Morgan fingerprint density at radius 3 is 2.61 bits per heavy atom. The monoisotopic (exact) mass is 433 g/mol. The maximum Gasteiger partial charge on any atom is 0.416 e. The third kappa shape index (κ3) is 4.79. The Balaban J connectivity index is 1.58. The van der Waals surface area contributed by atoms with E-state index in [0.29, 0.717) is 24.2 Å². The maximum atomic E-state index is 13.6. The van der Waals surface area contributed by atoms with Crippen LogP contribution in [0.25, 0.3) is 0 Å². The molecule has 0 unspecified atom stereocenters. The molecule has 0 bridgehead atoms. The van der Waals surface area contributed by atoms with Crippen LogP contribution in [0.4, 0.5) is 23.7 Å². The number of amides is 1. The highest BCUT2D eigenvalue weighted by Crippen LogP contribution is 2.39. The van der Waals surface area contributed by atoms with E-state index in [0.717, 1.165) is 17.8 Å². The molecule has 0 saturated carbocycles. The molecule has 2 aliphatic rings. The number of anilines is 1. The third-order valence-electron chi connectivity index (χ3n) is 5.87. The summed E-state index contributed by atoms with van der Waals surface area (Å²) in [4.78, 5) is 16.3. The topological polar surface area (TPSA) is 44.8 Å². The molecule has 31 heavy (non-hydrogen) atoms. The van der Waals surface area contributed by atoms with Crippen LogP contribution >= 0.6 is 0 Å². The SMILES string of the molecule is C[C@@H]1CN(c2ccc(C(F)(F)F)c3c2CN(C(=O)OCc2ccccc2)CC3)CCN1. The van der Waals surface area contributed by atoms with Gasteiger partial charge in [-0.05, 0) is 42.2 Å². The van der Waals surface area contributed by atoms with Crippen molar-refractivity contribution in [3.8, 4) is 0 Å². The molecule has 1 N–H and O–H groups in total. The molecule has 166 valence electrons. The minimum atomic E-state index is -4.42. The highest BCUT2D eigenvalue weighted by atomic mass is 19.4. The fraction of sp³-hybridized carbons (Fsp3) is 0.435. The van der Waals surface area contributed by atoms with Gasteiger partial charge in [0.1, 0.15) is 6.61 Å². The van der Waals surface area contributed by atoms with Crippen molar-refractivity contribution in [1.29, 1.82) is 0 Å². The fourth-order valence-corrected chi connectivity index (χ4v) is 4.34. The number of alkyl halides is 3. The number of hydrogen-bond acceptors (Lipinski definition) is 4. The van der Waals surface area contributed by atoms with Crippen molar-refractivity contribution in [1.82, 2.24) is 10.2 Å². The standard InChI is InChI=1S/C23H26F3N3O2/c1-16-13-28(12-10-27-16)21-8-7-20(23(24,25)26)18-9-11-29(14-19(18)21)22(30)31-15-17-5-3-2-4-6-17/h2-8,16,27H,9-15H2,1H3/t16-/m1/s1. The lowest BCUT2D eigenvalue weighted by atomic mass is 9.92. The van der Waals surface area contributed by atoms with Crippen LogP contribution in [0.1, 0.15) is 29.2 Å². The van der Waals surface area contributed by atoms with Crippen molar-refractivity contribution in [2.24, 2.45) is 0 Å². The quantitative estimate of drug-likeness (QED) is 0.788. The summed E-state index contributed by atoms with van der Waals surface area (Å²) in [5, 5.41) is 3.35. The number of rotatable bonds is 3. The lowest BCUT2D eigenvalue weighted by Crippen LogP contribution is -2.50. The smallest absolute Gasteiger partial charge is 0.416 e. The summed E-state index contributed by atoms with van der Waals surface area (Å²) in [5.41, 5.74) is 1.90. The van der Waals surface area contributed by atoms with E-state index in [-0.39, 0.29) is 32.2 Å². The van der Waals surface area contributed by atoms with Gasteiger partial charge in [0.25, 0.3) is 0 Å². The van der Waals surface area contributed by atoms with Crippen molar-refractivity contribution in [3.63, 3.8) is 0 Å². The number of piperazine rings is 1. The lowest BCUT2D eigenvalue weighted by molar-refractivity contribution is -0.138. The van der Waals surface area contributed by atoms with E-state index in [9.17, 15) is 18.0 Å². The van der Waals surface area contributed by atoms with E-state index >= 15 is 0 Å². The number of halogens is 3. The largest absolute Gasteiger partial charge is 0.445 e. The van der Waals surface area contributed by atoms with Gasteiger partial charge >= 0.3 is 12.3 Å². The molecule has 1 fully saturated rings. The number of nitrogens with one attached hydrogen (secondary N) is 1. The molecule has 0 spiro atoms. The average molecular weight is 433 g/mol. The van der Waals surface area contributed by atoms with Gasteiger partial charge in [0.2, 0.25) is 0 Å². The number of fused-ring (bicyclic) bond motifs is 1. The molecule has 8 heteroatoms. The van der Waals surface area contributed by atoms with Crippen LogP contribution < -0.4 is 10.2 Å². The number of ether oxygens (including phenoxy) is 1. The predicted molar refractivity (Wildman–Crippen MR) is 112 cm³/mol. The van der Waals surface area contributed by atoms with E-state index in [1.165, 1.54) is 11.0 Å². The van der Waals surface area contributed by atoms with Gasteiger partial charge in [0, 0.05) is 37.9 Å². The summed E-state index contributed by atoms with van der Waals surface area (Å²) < 4.78 is 46.4. The fourth-order valence-electron chi connectivity index (χ4n) is 4.34. The van der Waals surface area contributed by atoms with Crippen LogP contribution in [-0.2, 0) is 30.5 Å². The second-order valence-corrected chi connectivity index (χ2v) is 8.10. The first kappa shape index (κ1) is 21.5. The number of hydrogen-bond donors (Lipinski definition) is 1. The van der Waals surface area contributed by atoms with Crippen molar-refractivity contribution < 1.29 is 22.7 Å². The normalized spacial score (nSPS) is 19.2. The highest BCUT2D eigenvalue weighted by molar-refractivity contribution is 5.70. The Bertz CT molecular complexity index is 934. The molecule has 2 heterocycles.